The smallest absolute Gasteiger partial charge is 0.130 e. The second-order valence-electron chi connectivity index (χ2n) is 4.26. The van der Waals surface area contributed by atoms with E-state index < -0.39 is 0 Å². The first-order valence-electron chi connectivity index (χ1n) is 5.69. The second kappa shape index (κ2) is 5.64. The Labute approximate surface area is 117 Å². The molecule has 2 aromatic carbocycles. The number of hydrogen-bond donors (Lipinski definition) is 0. The van der Waals surface area contributed by atoms with Crippen LogP contribution in [0.1, 0.15) is 16.7 Å². The topological polar surface area (TPSA) is 9.23 Å². The van der Waals surface area contributed by atoms with Gasteiger partial charge in [0, 0.05) is 10.9 Å². The Morgan fingerprint density at radius 2 is 1.83 bits per heavy atom. The predicted molar refractivity (Wildman–Crippen MR) is 77.0 cm³/mol. The zero-order valence-corrected chi connectivity index (χ0v) is 11.8. The molecule has 0 aliphatic carbocycles. The van der Waals surface area contributed by atoms with Crippen molar-refractivity contribution >= 4 is 23.2 Å². The number of rotatable bonds is 3. The van der Waals surface area contributed by atoms with Gasteiger partial charge in [-0.1, -0.05) is 29.8 Å². The Kier molecular flexibility index (Phi) is 4.15. The lowest BCUT2D eigenvalue weighted by Crippen LogP contribution is -1.89. The van der Waals surface area contributed by atoms with Crippen molar-refractivity contribution in [3.05, 3.63) is 58.1 Å². The SMILES string of the molecule is Cc1ccc(C)c(Oc2ccc(CCl)c(Cl)c2)c1. The lowest BCUT2D eigenvalue weighted by Gasteiger charge is -2.10. The molecule has 0 amide bonds. The van der Waals surface area contributed by atoms with Crippen molar-refractivity contribution in [2.45, 2.75) is 19.7 Å². The van der Waals surface area contributed by atoms with Gasteiger partial charge in [-0.05, 0) is 48.7 Å². The van der Waals surface area contributed by atoms with E-state index in [1.54, 1.807) is 6.07 Å². The summed E-state index contributed by atoms with van der Waals surface area (Å²) in [5.74, 6) is 1.98. The highest BCUT2D eigenvalue weighted by Crippen LogP contribution is 2.29. The van der Waals surface area contributed by atoms with Crippen molar-refractivity contribution in [3.63, 3.8) is 0 Å². The van der Waals surface area contributed by atoms with Gasteiger partial charge in [-0.15, -0.1) is 11.6 Å². The third-order valence-corrected chi connectivity index (χ3v) is 3.38. The highest BCUT2D eigenvalue weighted by molar-refractivity contribution is 6.32. The van der Waals surface area contributed by atoms with Gasteiger partial charge in [0.15, 0.2) is 0 Å². The standard InChI is InChI=1S/C15H14Cl2O/c1-10-3-4-11(2)15(7-10)18-13-6-5-12(9-16)14(17)8-13/h3-8H,9H2,1-2H3. The van der Waals surface area contributed by atoms with E-state index in [-0.39, 0.29) is 0 Å². The molecule has 0 spiro atoms. The minimum Gasteiger partial charge on any atom is -0.457 e. The van der Waals surface area contributed by atoms with Crippen LogP contribution >= 0.6 is 23.2 Å². The van der Waals surface area contributed by atoms with E-state index in [0.29, 0.717) is 10.9 Å². The van der Waals surface area contributed by atoms with Gasteiger partial charge in [-0.3, -0.25) is 0 Å². The third kappa shape index (κ3) is 2.98. The second-order valence-corrected chi connectivity index (χ2v) is 4.93. The molecular formula is C15H14Cl2O. The van der Waals surface area contributed by atoms with Crippen molar-refractivity contribution in [3.8, 4) is 11.5 Å². The fourth-order valence-electron chi connectivity index (χ4n) is 1.64. The first-order chi connectivity index (χ1) is 8.60. The number of benzene rings is 2. The minimum absolute atomic E-state index is 0.405. The molecule has 1 nitrogen and oxygen atoms in total. The summed E-state index contributed by atoms with van der Waals surface area (Å²) in [7, 11) is 0. The molecule has 0 radical (unpaired) electrons. The van der Waals surface area contributed by atoms with E-state index in [0.717, 1.165) is 22.6 Å². The number of halogens is 2. The number of hydrogen-bond acceptors (Lipinski definition) is 1. The van der Waals surface area contributed by atoms with E-state index in [1.165, 1.54) is 5.56 Å². The van der Waals surface area contributed by atoms with Gasteiger partial charge in [0.1, 0.15) is 11.5 Å². The van der Waals surface area contributed by atoms with Crippen molar-refractivity contribution in [1.29, 1.82) is 0 Å². The maximum Gasteiger partial charge on any atom is 0.130 e. The van der Waals surface area contributed by atoms with Crippen LogP contribution in [0.3, 0.4) is 0 Å². The Morgan fingerprint density at radius 1 is 1.06 bits per heavy atom. The summed E-state index contributed by atoms with van der Waals surface area (Å²) >= 11 is 11.9. The number of ether oxygens (including phenoxy) is 1. The van der Waals surface area contributed by atoms with Gasteiger partial charge in [-0.25, -0.2) is 0 Å². The molecule has 3 heteroatoms. The number of aryl methyl sites for hydroxylation is 2. The molecule has 0 fully saturated rings. The van der Waals surface area contributed by atoms with Crippen molar-refractivity contribution < 1.29 is 4.74 Å². The molecule has 0 bridgehead atoms. The molecule has 0 aromatic heterocycles. The lowest BCUT2D eigenvalue weighted by molar-refractivity contribution is 0.478. The zero-order valence-electron chi connectivity index (χ0n) is 10.3. The van der Waals surface area contributed by atoms with E-state index in [1.807, 2.05) is 38.1 Å². The summed E-state index contributed by atoms with van der Waals surface area (Å²) in [6, 6.07) is 11.7. The van der Waals surface area contributed by atoms with Gasteiger partial charge in [-0.2, -0.15) is 0 Å². The van der Waals surface area contributed by atoms with Crippen molar-refractivity contribution in [2.75, 3.05) is 0 Å². The highest BCUT2D eigenvalue weighted by atomic mass is 35.5. The van der Waals surface area contributed by atoms with Crippen molar-refractivity contribution in [2.24, 2.45) is 0 Å². The average molecular weight is 281 g/mol. The Hall–Kier alpha value is -1.18. The summed E-state index contributed by atoms with van der Waals surface area (Å²) in [4.78, 5) is 0. The third-order valence-electron chi connectivity index (χ3n) is 2.74. The zero-order chi connectivity index (χ0) is 13.1. The summed E-state index contributed by atoms with van der Waals surface area (Å²) in [6.45, 7) is 4.05. The van der Waals surface area contributed by atoms with Gasteiger partial charge in [0.05, 0.1) is 0 Å². The summed E-state index contributed by atoms with van der Waals surface area (Å²) < 4.78 is 5.84. The van der Waals surface area contributed by atoms with Gasteiger partial charge >= 0.3 is 0 Å². The van der Waals surface area contributed by atoms with Crippen molar-refractivity contribution in [1.82, 2.24) is 0 Å². The molecule has 0 saturated carbocycles. The van der Waals surface area contributed by atoms with Crippen LogP contribution in [0, 0.1) is 13.8 Å². The maximum absolute atomic E-state index is 6.10. The molecule has 0 aliphatic rings. The highest BCUT2D eigenvalue weighted by Gasteiger charge is 2.05. The number of alkyl halides is 1. The first kappa shape index (κ1) is 13.3. The van der Waals surface area contributed by atoms with E-state index >= 15 is 0 Å². The molecule has 18 heavy (non-hydrogen) atoms. The Bertz CT molecular complexity index is 564. The summed E-state index contributed by atoms with van der Waals surface area (Å²) in [5, 5.41) is 0.632. The van der Waals surface area contributed by atoms with Gasteiger partial charge in [0.2, 0.25) is 0 Å². The molecule has 94 valence electrons. The lowest BCUT2D eigenvalue weighted by atomic mass is 10.1. The molecule has 0 saturated heterocycles. The summed E-state index contributed by atoms with van der Waals surface area (Å²) in [6.07, 6.45) is 0. The fourth-order valence-corrected chi connectivity index (χ4v) is 2.18. The normalized spacial score (nSPS) is 10.4. The molecule has 2 aromatic rings. The molecule has 0 atom stereocenters. The molecular weight excluding hydrogens is 267 g/mol. The quantitative estimate of drug-likeness (QED) is 0.676. The van der Waals surface area contributed by atoms with Crippen LogP contribution < -0.4 is 4.74 Å². The Morgan fingerprint density at radius 3 is 2.50 bits per heavy atom. The fraction of sp³-hybridized carbons (Fsp3) is 0.200. The van der Waals surface area contributed by atoms with E-state index in [4.69, 9.17) is 27.9 Å². The molecule has 2 rings (SSSR count). The van der Waals surface area contributed by atoms with Crippen LogP contribution in [0.4, 0.5) is 0 Å². The maximum atomic E-state index is 6.10. The predicted octanol–water partition coefficient (Wildman–Crippen LogP) is 5.49. The largest absolute Gasteiger partial charge is 0.457 e. The first-order valence-corrected chi connectivity index (χ1v) is 6.61. The Balaban J connectivity index is 2.28. The molecule has 0 heterocycles. The van der Waals surface area contributed by atoms with Crippen LogP contribution in [-0.2, 0) is 5.88 Å². The van der Waals surface area contributed by atoms with E-state index in [9.17, 15) is 0 Å². The average Bonchev–Trinajstić information content (AvgIpc) is 2.34. The molecule has 0 N–H and O–H groups in total. The summed E-state index contributed by atoms with van der Waals surface area (Å²) in [5.41, 5.74) is 3.17. The van der Waals surface area contributed by atoms with E-state index in [2.05, 4.69) is 6.07 Å². The molecule has 0 aliphatic heterocycles. The van der Waals surface area contributed by atoms with Gasteiger partial charge in [0.25, 0.3) is 0 Å². The van der Waals surface area contributed by atoms with Crippen LogP contribution in [0.15, 0.2) is 36.4 Å². The van der Waals surface area contributed by atoms with Gasteiger partial charge < -0.3 is 4.74 Å². The minimum atomic E-state index is 0.405. The van der Waals surface area contributed by atoms with Crippen LogP contribution in [-0.4, -0.2) is 0 Å². The molecule has 0 unspecified atom stereocenters. The monoisotopic (exact) mass is 280 g/mol. The van der Waals surface area contributed by atoms with Crippen LogP contribution in [0.5, 0.6) is 11.5 Å². The van der Waals surface area contributed by atoms with Crippen LogP contribution in [0.25, 0.3) is 0 Å². The van der Waals surface area contributed by atoms with Crippen LogP contribution in [0.2, 0.25) is 5.02 Å².